The van der Waals surface area contributed by atoms with Crippen molar-refractivity contribution in [1.29, 1.82) is 0 Å². The molecular weight excluding hydrogens is 122 g/mol. The fraction of sp³-hybridized carbons (Fsp3) is 0.500. The highest BCUT2D eigenvalue weighted by molar-refractivity contribution is 5.98. The van der Waals surface area contributed by atoms with Gasteiger partial charge < -0.3 is 0 Å². The minimum Gasteiger partial charge on any atom is -0.273 e. The maximum atomic E-state index is 10.5. The number of carbonyl (C=O) groups excluding carboxylic acids is 2. The van der Waals surface area contributed by atoms with Crippen LogP contribution in [0.2, 0.25) is 0 Å². The van der Waals surface area contributed by atoms with Gasteiger partial charge in [0.15, 0.2) is 0 Å². The van der Waals surface area contributed by atoms with Gasteiger partial charge in [-0.15, -0.1) is 0 Å². The summed E-state index contributed by atoms with van der Waals surface area (Å²) in [5, 5.41) is 8.46. The molecular formula is C4H5N3O2. The summed E-state index contributed by atoms with van der Waals surface area (Å²) in [5.41, 5.74) is 0. The average Bonchev–Trinajstić information content (AvgIpc) is 1.80. The van der Waals surface area contributed by atoms with E-state index in [9.17, 15) is 9.59 Å². The summed E-state index contributed by atoms with van der Waals surface area (Å²) in [6.45, 7) is 1.56. The van der Waals surface area contributed by atoms with E-state index >= 15 is 0 Å². The molecule has 1 aliphatic heterocycles. The molecule has 0 fully saturated rings. The van der Waals surface area contributed by atoms with Gasteiger partial charge >= 0.3 is 6.03 Å². The quantitative estimate of drug-likeness (QED) is 0.500. The molecule has 0 aromatic rings. The van der Waals surface area contributed by atoms with E-state index in [0.717, 1.165) is 0 Å². The molecule has 0 radical (unpaired) electrons. The first-order valence-corrected chi connectivity index (χ1v) is 2.46. The molecule has 0 bridgehead atoms. The number of imide groups is 1. The van der Waals surface area contributed by atoms with Crippen LogP contribution in [0.25, 0.3) is 0 Å². The Morgan fingerprint density at radius 1 is 1.56 bits per heavy atom. The third-order valence-corrected chi connectivity index (χ3v) is 0.931. The first-order chi connectivity index (χ1) is 4.20. The zero-order valence-corrected chi connectivity index (χ0v) is 4.79. The topological polar surface area (TPSA) is 70.9 Å². The number of azo groups is 1. The van der Waals surface area contributed by atoms with E-state index in [1.807, 2.05) is 5.32 Å². The minimum atomic E-state index is -0.682. The molecule has 0 spiro atoms. The Hall–Kier alpha value is -1.26. The summed E-state index contributed by atoms with van der Waals surface area (Å²) in [4.78, 5) is 20.7. The standard InChI is InChI=1S/C4H5N3O2/c1-2-3(8)5-4(9)7-6-2/h2H,1H3,(H,5,8,9). The molecule has 1 rings (SSSR count). The Balaban J connectivity index is 2.76. The van der Waals surface area contributed by atoms with E-state index in [1.54, 1.807) is 6.92 Å². The molecule has 9 heavy (non-hydrogen) atoms. The predicted molar refractivity (Wildman–Crippen MR) is 27.9 cm³/mol. The molecule has 0 aliphatic carbocycles. The van der Waals surface area contributed by atoms with E-state index < -0.39 is 18.0 Å². The summed E-state index contributed by atoms with van der Waals surface area (Å²) in [7, 11) is 0. The molecule has 3 amide bonds. The van der Waals surface area contributed by atoms with Crippen LogP contribution in [0.5, 0.6) is 0 Å². The van der Waals surface area contributed by atoms with Gasteiger partial charge in [-0.3, -0.25) is 10.1 Å². The van der Waals surface area contributed by atoms with Gasteiger partial charge in [-0.25, -0.2) is 4.79 Å². The van der Waals surface area contributed by atoms with Gasteiger partial charge in [-0.2, -0.15) is 5.11 Å². The Morgan fingerprint density at radius 2 is 2.22 bits per heavy atom. The van der Waals surface area contributed by atoms with Crippen molar-refractivity contribution in [1.82, 2.24) is 5.32 Å². The fourth-order valence-electron chi connectivity index (χ4n) is 0.426. The summed E-state index contributed by atoms with van der Waals surface area (Å²) >= 11 is 0. The van der Waals surface area contributed by atoms with Crippen molar-refractivity contribution >= 4 is 11.9 Å². The summed E-state index contributed by atoms with van der Waals surface area (Å²) in [5.74, 6) is -0.394. The van der Waals surface area contributed by atoms with Crippen molar-refractivity contribution in [2.75, 3.05) is 0 Å². The molecule has 48 valence electrons. The van der Waals surface area contributed by atoms with E-state index in [1.165, 1.54) is 0 Å². The molecule has 1 heterocycles. The second kappa shape index (κ2) is 1.93. The van der Waals surface area contributed by atoms with Crippen LogP contribution in [-0.4, -0.2) is 18.0 Å². The highest BCUT2D eigenvalue weighted by atomic mass is 16.2. The Labute approximate surface area is 51.1 Å². The van der Waals surface area contributed by atoms with Crippen molar-refractivity contribution < 1.29 is 9.59 Å². The van der Waals surface area contributed by atoms with E-state index in [2.05, 4.69) is 10.2 Å². The van der Waals surface area contributed by atoms with Crippen LogP contribution in [0.3, 0.4) is 0 Å². The lowest BCUT2D eigenvalue weighted by Gasteiger charge is -2.06. The van der Waals surface area contributed by atoms with Gasteiger partial charge in [0.05, 0.1) is 0 Å². The number of amides is 3. The Kier molecular flexibility index (Phi) is 1.26. The molecule has 0 saturated heterocycles. The normalized spacial score (nSPS) is 26.1. The summed E-state index contributed by atoms with van der Waals surface area (Å²) in [6.07, 6.45) is 0. The average molecular weight is 127 g/mol. The van der Waals surface area contributed by atoms with Gasteiger partial charge in [0, 0.05) is 0 Å². The number of nitrogens with one attached hydrogen (secondary N) is 1. The third-order valence-electron chi connectivity index (χ3n) is 0.931. The van der Waals surface area contributed by atoms with Crippen molar-refractivity contribution in [3.05, 3.63) is 0 Å². The van der Waals surface area contributed by atoms with Crippen molar-refractivity contribution in [3.63, 3.8) is 0 Å². The maximum absolute atomic E-state index is 10.5. The monoisotopic (exact) mass is 127 g/mol. The number of urea groups is 1. The SMILES string of the molecule is CC1N=NC(=O)NC1=O. The Morgan fingerprint density at radius 3 is 2.67 bits per heavy atom. The van der Waals surface area contributed by atoms with Gasteiger partial charge in [0.25, 0.3) is 5.91 Å². The van der Waals surface area contributed by atoms with Gasteiger partial charge in [-0.1, -0.05) is 5.11 Å². The molecule has 1 atom stereocenters. The molecule has 5 heteroatoms. The molecule has 1 unspecified atom stereocenters. The molecule has 1 aliphatic rings. The van der Waals surface area contributed by atoms with Crippen LogP contribution in [0.4, 0.5) is 4.79 Å². The number of nitrogens with zero attached hydrogens (tertiary/aromatic N) is 2. The lowest BCUT2D eigenvalue weighted by molar-refractivity contribution is -0.121. The van der Waals surface area contributed by atoms with Gasteiger partial charge in [-0.05, 0) is 6.92 Å². The first-order valence-electron chi connectivity index (χ1n) is 2.46. The van der Waals surface area contributed by atoms with Crippen molar-refractivity contribution in [2.24, 2.45) is 10.2 Å². The minimum absolute atomic E-state index is 0.394. The van der Waals surface area contributed by atoms with Crippen LogP contribution in [-0.2, 0) is 4.79 Å². The number of hydrogen-bond acceptors (Lipinski definition) is 3. The number of rotatable bonds is 0. The second-order valence-electron chi connectivity index (χ2n) is 1.69. The zero-order chi connectivity index (χ0) is 6.85. The predicted octanol–water partition coefficient (Wildman–Crippen LogP) is 0.0769. The summed E-state index contributed by atoms with van der Waals surface area (Å²) in [6, 6.07) is -1.21. The van der Waals surface area contributed by atoms with Crippen molar-refractivity contribution in [2.45, 2.75) is 13.0 Å². The zero-order valence-electron chi connectivity index (χ0n) is 4.79. The largest absolute Gasteiger partial charge is 0.365 e. The van der Waals surface area contributed by atoms with Crippen LogP contribution < -0.4 is 5.32 Å². The molecule has 5 nitrogen and oxygen atoms in total. The van der Waals surface area contributed by atoms with E-state index in [4.69, 9.17) is 0 Å². The van der Waals surface area contributed by atoms with E-state index in [-0.39, 0.29) is 0 Å². The molecule has 0 aromatic carbocycles. The van der Waals surface area contributed by atoms with E-state index in [0.29, 0.717) is 0 Å². The van der Waals surface area contributed by atoms with Gasteiger partial charge in [0.1, 0.15) is 6.04 Å². The molecule has 1 N–H and O–H groups in total. The Bertz CT molecular complexity index is 186. The maximum Gasteiger partial charge on any atom is 0.365 e. The van der Waals surface area contributed by atoms with Gasteiger partial charge in [0.2, 0.25) is 0 Å². The smallest absolute Gasteiger partial charge is 0.273 e. The molecule has 0 aromatic heterocycles. The first kappa shape index (κ1) is 5.87. The van der Waals surface area contributed by atoms with Crippen LogP contribution in [0.15, 0.2) is 10.2 Å². The number of carbonyl (C=O) groups is 2. The lowest BCUT2D eigenvalue weighted by Crippen LogP contribution is -2.37. The lowest BCUT2D eigenvalue weighted by atomic mass is 10.3. The van der Waals surface area contributed by atoms with Crippen LogP contribution in [0.1, 0.15) is 6.92 Å². The van der Waals surface area contributed by atoms with Crippen LogP contribution >= 0.6 is 0 Å². The third kappa shape index (κ3) is 1.10. The highest BCUT2D eigenvalue weighted by Crippen LogP contribution is 1.96. The fourth-order valence-corrected chi connectivity index (χ4v) is 0.426. The molecule has 0 saturated carbocycles. The number of hydrogen-bond donors (Lipinski definition) is 1. The summed E-state index contributed by atoms with van der Waals surface area (Å²) < 4.78 is 0. The van der Waals surface area contributed by atoms with Crippen molar-refractivity contribution in [3.8, 4) is 0 Å². The van der Waals surface area contributed by atoms with Crippen LogP contribution in [0, 0.1) is 0 Å². The second-order valence-corrected chi connectivity index (χ2v) is 1.69. The highest BCUT2D eigenvalue weighted by Gasteiger charge is 2.19.